The first-order valence-electron chi connectivity index (χ1n) is 11.1. The van der Waals surface area contributed by atoms with Crippen molar-refractivity contribution in [3.05, 3.63) is 85.5 Å². The van der Waals surface area contributed by atoms with Crippen LogP contribution < -0.4 is 5.56 Å². The van der Waals surface area contributed by atoms with Crippen molar-refractivity contribution in [2.45, 2.75) is 38.3 Å². The maximum Gasteiger partial charge on any atom is 0.272 e. The van der Waals surface area contributed by atoms with Gasteiger partial charge < -0.3 is 9.47 Å². The first-order chi connectivity index (χ1) is 16.5. The molecule has 0 spiro atoms. The highest BCUT2D eigenvalue weighted by molar-refractivity contribution is 9.10. The standard InChI is InChI=1S/C24H20BrFN6O2/c25-15-4-5-16-17(11-15)20(27-30-23(16)33)10-13-1-6-19(26)18(9-13)24(34)31-7-8-32-21(12-31)28-29-22(32)14-2-3-14/h1,4-6,9,11,14H,2-3,7-8,10,12H2,(H,30,33). The highest BCUT2D eigenvalue weighted by Crippen LogP contribution is 2.39. The number of amides is 1. The Balaban J connectivity index is 1.28. The predicted molar refractivity (Wildman–Crippen MR) is 126 cm³/mol. The summed E-state index contributed by atoms with van der Waals surface area (Å²) in [4.78, 5) is 27.0. The topological polar surface area (TPSA) is 96.8 Å². The van der Waals surface area contributed by atoms with Gasteiger partial charge in [-0.2, -0.15) is 5.10 Å². The lowest BCUT2D eigenvalue weighted by molar-refractivity contribution is 0.0701. The highest BCUT2D eigenvalue weighted by atomic mass is 79.9. The molecule has 34 heavy (non-hydrogen) atoms. The fraction of sp³-hybridized carbons (Fsp3) is 0.292. The zero-order valence-corrected chi connectivity index (χ0v) is 19.7. The van der Waals surface area contributed by atoms with Gasteiger partial charge in [0.2, 0.25) is 0 Å². The molecule has 6 rings (SSSR count). The number of aromatic amines is 1. The molecule has 1 saturated carbocycles. The maximum absolute atomic E-state index is 14.7. The van der Waals surface area contributed by atoms with Gasteiger partial charge in [-0.1, -0.05) is 22.0 Å². The van der Waals surface area contributed by atoms with Crippen LogP contribution in [0, 0.1) is 5.82 Å². The Hall–Kier alpha value is -3.40. The summed E-state index contributed by atoms with van der Waals surface area (Å²) in [6.07, 6.45) is 2.60. The van der Waals surface area contributed by atoms with E-state index < -0.39 is 5.82 Å². The van der Waals surface area contributed by atoms with E-state index >= 15 is 0 Å². The fourth-order valence-corrected chi connectivity index (χ4v) is 4.89. The van der Waals surface area contributed by atoms with E-state index in [0.29, 0.717) is 48.4 Å². The SMILES string of the molecule is O=C(c1cc(Cc2n[nH]c(=O)c3ccc(Br)cc23)ccc1F)N1CCn2c(nnc2C2CC2)C1. The van der Waals surface area contributed by atoms with Gasteiger partial charge >= 0.3 is 0 Å². The number of carbonyl (C=O) groups is 1. The Morgan fingerprint density at radius 1 is 1.12 bits per heavy atom. The summed E-state index contributed by atoms with van der Waals surface area (Å²) in [5.41, 5.74) is 1.10. The Kier molecular flexibility index (Phi) is 5.05. The molecule has 2 aromatic heterocycles. The molecule has 2 aromatic carbocycles. The molecule has 4 aromatic rings. The van der Waals surface area contributed by atoms with Crippen molar-refractivity contribution >= 4 is 32.6 Å². The zero-order valence-electron chi connectivity index (χ0n) is 18.1. The summed E-state index contributed by atoms with van der Waals surface area (Å²) in [7, 11) is 0. The number of halogens is 2. The van der Waals surface area contributed by atoms with Gasteiger partial charge in [0, 0.05) is 35.3 Å². The van der Waals surface area contributed by atoms with E-state index in [9.17, 15) is 14.0 Å². The van der Waals surface area contributed by atoms with Crippen LogP contribution in [0.15, 0.2) is 45.7 Å². The van der Waals surface area contributed by atoms with Crippen molar-refractivity contribution < 1.29 is 9.18 Å². The van der Waals surface area contributed by atoms with Gasteiger partial charge in [0.1, 0.15) is 11.6 Å². The van der Waals surface area contributed by atoms with Crippen LogP contribution in [0.25, 0.3) is 10.8 Å². The van der Waals surface area contributed by atoms with Gasteiger partial charge in [-0.05, 0) is 48.7 Å². The summed E-state index contributed by atoms with van der Waals surface area (Å²) >= 11 is 3.43. The smallest absolute Gasteiger partial charge is 0.272 e. The molecule has 1 fully saturated rings. The minimum absolute atomic E-state index is 0.0165. The molecule has 1 aliphatic carbocycles. The first-order valence-corrected chi connectivity index (χ1v) is 11.9. The molecule has 0 atom stereocenters. The number of aromatic nitrogens is 5. The molecule has 0 unspecified atom stereocenters. The number of nitrogens with one attached hydrogen (secondary N) is 1. The van der Waals surface area contributed by atoms with E-state index in [2.05, 4.69) is 40.9 Å². The first kappa shape index (κ1) is 21.2. The molecule has 10 heteroatoms. The normalized spacial score (nSPS) is 15.5. The fourth-order valence-electron chi connectivity index (χ4n) is 4.53. The second-order valence-electron chi connectivity index (χ2n) is 8.81. The van der Waals surface area contributed by atoms with Crippen molar-refractivity contribution in [2.75, 3.05) is 6.54 Å². The molecule has 172 valence electrons. The van der Waals surface area contributed by atoms with Crippen LogP contribution in [0.2, 0.25) is 0 Å². The Labute approximate surface area is 201 Å². The molecule has 1 amide bonds. The highest BCUT2D eigenvalue weighted by Gasteiger charge is 2.33. The second-order valence-corrected chi connectivity index (χ2v) is 9.72. The Morgan fingerprint density at radius 2 is 1.97 bits per heavy atom. The molecule has 0 saturated heterocycles. The lowest BCUT2D eigenvalue weighted by Gasteiger charge is -2.28. The van der Waals surface area contributed by atoms with E-state index in [1.807, 2.05) is 6.07 Å². The van der Waals surface area contributed by atoms with Gasteiger partial charge in [-0.25, -0.2) is 9.49 Å². The van der Waals surface area contributed by atoms with Gasteiger partial charge in [-0.3, -0.25) is 9.59 Å². The molecule has 1 aliphatic heterocycles. The van der Waals surface area contributed by atoms with Gasteiger partial charge in [0.05, 0.1) is 23.2 Å². The van der Waals surface area contributed by atoms with E-state index in [4.69, 9.17) is 0 Å². The molecule has 3 heterocycles. The summed E-state index contributed by atoms with van der Waals surface area (Å²) in [6, 6.07) is 9.88. The van der Waals surface area contributed by atoms with E-state index in [1.165, 1.54) is 6.07 Å². The molecular weight excluding hydrogens is 503 g/mol. The van der Waals surface area contributed by atoms with Crippen LogP contribution in [0.5, 0.6) is 0 Å². The van der Waals surface area contributed by atoms with E-state index in [0.717, 1.165) is 34.5 Å². The Morgan fingerprint density at radius 3 is 2.79 bits per heavy atom. The van der Waals surface area contributed by atoms with E-state index in [1.54, 1.807) is 29.2 Å². The van der Waals surface area contributed by atoms with Crippen molar-refractivity contribution in [2.24, 2.45) is 0 Å². The van der Waals surface area contributed by atoms with Gasteiger partial charge in [-0.15, -0.1) is 10.2 Å². The number of H-pyrrole nitrogens is 1. The molecule has 2 aliphatic rings. The lowest BCUT2D eigenvalue weighted by Crippen LogP contribution is -2.39. The zero-order chi connectivity index (χ0) is 23.4. The average Bonchev–Trinajstić information content (AvgIpc) is 3.60. The summed E-state index contributed by atoms with van der Waals surface area (Å²) in [5.74, 6) is 1.29. The second kappa shape index (κ2) is 8.12. The van der Waals surface area contributed by atoms with Crippen molar-refractivity contribution in [3.63, 3.8) is 0 Å². The van der Waals surface area contributed by atoms with Crippen LogP contribution in [0.1, 0.15) is 52.0 Å². The molecular formula is C24H20BrFN6O2. The number of benzene rings is 2. The molecule has 0 radical (unpaired) electrons. The van der Waals surface area contributed by atoms with Crippen molar-refractivity contribution in [1.29, 1.82) is 0 Å². The predicted octanol–water partition coefficient (Wildman–Crippen LogP) is 3.54. The number of carbonyl (C=O) groups excluding carboxylic acids is 1. The van der Waals surface area contributed by atoms with Crippen LogP contribution >= 0.6 is 15.9 Å². The number of rotatable bonds is 4. The quantitative estimate of drug-likeness (QED) is 0.442. The van der Waals surface area contributed by atoms with Crippen molar-refractivity contribution in [3.8, 4) is 0 Å². The lowest BCUT2D eigenvalue weighted by atomic mass is 10.0. The van der Waals surface area contributed by atoms with Crippen LogP contribution in [0.4, 0.5) is 4.39 Å². The summed E-state index contributed by atoms with van der Waals surface area (Å²) in [5, 5.41) is 16.5. The molecule has 1 N–H and O–H groups in total. The monoisotopic (exact) mass is 522 g/mol. The van der Waals surface area contributed by atoms with Crippen LogP contribution in [0.3, 0.4) is 0 Å². The van der Waals surface area contributed by atoms with E-state index in [-0.39, 0.29) is 17.0 Å². The molecule has 8 nitrogen and oxygen atoms in total. The third kappa shape index (κ3) is 3.71. The van der Waals surface area contributed by atoms with Crippen LogP contribution in [-0.2, 0) is 19.5 Å². The third-order valence-electron chi connectivity index (χ3n) is 6.47. The van der Waals surface area contributed by atoms with Gasteiger partial charge in [0.25, 0.3) is 11.5 Å². The number of nitrogens with zero attached hydrogens (tertiary/aromatic N) is 5. The summed E-state index contributed by atoms with van der Waals surface area (Å²) in [6.45, 7) is 1.40. The number of fused-ring (bicyclic) bond motifs is 2. The maximum atomic E-state index is 14.7. The third-order valence-corrected chi connectivity index (χ3v) is 6.97. The number of hydrogen-bond donors (Lipinski definition) is 1. The summed E-state index contributed by atoms with van der Waals surface area (Å²) < 4.78 is 17.7. The average molecular weight is 523 g/mol. The largest absolute Gasteiger partial charge is 0.329 e. The van der Waals surface area contributed by atoms with Crippen LogP contribution in [-0.4, -0.2) is 42.3 Å². The minimum atomic E-state index is -0.568. The molecule has 0 bridgehead atoms. The minimum Gasteiger partial charge on any atom is -0.329 e. The van der Waals surface area contributed by atoms with Crippen molar-refractivity contribution in [1.82, 2.24) is 29.9 Å². The number of hydrogen-bond acceptors (Lipinski definition) is 5. The Bertz CT molecular complexity index is 1510. The van der Waals surface area contributed by atoms with Gasteiger partial charge in [0.15, 0.2) is 5.82 Å².